The van der Waals surface area contributed by atoms with E-state index in [1.54, 1.807) is 18.2 Å². The van der Waals surface area contributed by atoms with Gasteiger partial charge in [0.15, 0.2) is 0 Å². The zero-order valence-corrected chi connectivity index (χ0v) is 27.1. The number of amides is 1. The van der Waals surface area contributed by atoms with Crippen molar-refractivity contribution >= 4 is 33.2 Å². The molecule has 6 atom stereocenters. The molecular weight excluding hydrogens is 600 g/mol. The Kier molecular flexibility index (Phi) is 9.03. The number of benzene rings is 2. The van der Waals surface area contributed by atoms with Crippen LogP contribution in [0.1, 0.15) is 67.4 Å². The third-order valence-corrected chi connectivity index (χ3v) is 12.4. The third kappa shape index (κ3) is 6.13. The summed E-state index contributed by atoms with van der Waals surface area (Å²) in [5, 5.41) is 11.0. The zero-order chi connectivity index (χ0) is 31.1. The van der Waals surface area contributed by atoms with Crippen LogP contribution in [0.5, 0.6) is 5.75 Å². The molecule has 0 radical (unpaired) electrons. The second kappa shape index (κ2) is 12.7. The van der Waals surface area contributed by atoms with Gasteiger partial charge >= 0.3 is 0 Å². The number of nitrogens with one attached hydrogen (secondary N) is 1. The number of carbonyl (C=O) groups is 1. The van der Waals surface area contributed by atoms with Crippen LogP contribution in [0.3, 0.4) is 0 Å². The number of ether oxygens (including phenoxy) is 2. The monoisotopic (exact) mass is 642 g/mol. The van der Waals surface area contributed by atoms with Gasteiger partial charge in [0.25, 0.3) is 5.91 Å². The van der Waals surface area contributed by atoms with Gasteiger partial charge in [0.2, 0.25) is 10.0 Å². The van der Waals surface area contributed by atoms with Crippen molar-refractivity contribution < 1.29 is 27.8 Å². The topological polar surface area (TPSA) is 105 Å². The lowest BCUT2D eigenvalue weighted by atomic mass is 9.68. The van der Waals surface area contributed by atoms with Crippen molar-refractivity contribution in [1.29, 1.82) is 0 Å². The van der Waals surface area contributed by atoms with Crippen LogP contribution in [0.2, 0.25) is 5.02 Å². The SMILES string of the molecule is CCOC[C@@H]1[C@@H](C)C/C=C/[C@H](O)[C@@H]2CC[C@H]2CN2C[C@@]3(CCCc4cc(Cl)ccc43)COc3ccc(cc32)C(=O)NS1(=O)=O. The number of sulfonamides is 1. The number of aryl methyl sites for hydroxylation is 1. The molecule has 4 aliphatic rings. The molecule has 0 unspecified atom stereocenters. The summed E-state index contributed by atoms with van der Waals surface area (Å²) < 4.78 is 41.5. The fourth-order valence-corrected chi connectivity index (χ4v) is 9.31. The molecule has 8 nitrogen and oxygen atoms in total. The Morgan fingerprint density at radius 3 is 2.82 bits per heavy atom. The van der Waals surface area contributed by atoms with Gasteiger partial charge in [-0.2, -0.15) is 0 Å². The van der Waals surface area contributed by atoms with E-state index in [9.17, 15) is 18.3 Å². The van der Waals surface area contributed by atoms with Crippen molar-refractivity contribution in [3.63, 3.8) is 0 Å². The molecule has 2 aliphatic heterocycles. The van der Waals surface area contributed by atoms with E-state index in [2.05, 4.69) is 21.8 Å². The Morgan fingerprint density at radius 1 is 1.20 bits per heavy atom. The number of aliphatic hydroxyl groups is 1. The fourth-order valence-electron chi connectivity index (χ4n) is 7.59. The Labute approximate surface area is 265 Å². The van der Waals surface area contributed by atoms with Gasteiger partial charge in [-0.05, 0) is 105 Å². The Balaban J connectivity index is 1.41. The first kappa shape index (κ1) is 31.4. The van der Waals surface area contributed by atoms with E-state index in [1.165, 1.54) is 11.1 Å². The van der Waals surface area contributed by atoms with Crippen LogP contribution in [-0.2, 0) is 26.6 Å². The van der Waals surface area contributed by atoms with Gasteiger partial charge in [-0.3, -0.25) is 4.79 Å². The van der Waals surface area contributed by atoms with Gasteiger partial charge in [-0.25, -0.2) is 13.1 Å². The minimum Gasteiger partial charge on any atom is -0.490 e. The first-order valence-electron chi connectivity index (χ1n) is 15.9. The number of anilines is 1. The first-order valence-corrected chi connectivity index (χ1v) is 17.8. The van der Waals surface area contributed by atoms with Crippen LogP contribution < -0.4 is 14.4 Å². The van der Waals surface area contributed by atoms with E-state index in [0.29, 0.717) is 38.5 Å². The molecule has 1 amide bonds. The highest BCUT2D eigenvalue weighted by molar-refractivity contribution is 7.90. The molecule has 2 aliphatic carbocycles. The highest BCUT2D eigenvalue weighted by Gasteiger charge is 2.44. The highest BCUT2D eigenvalue weighted by atomic mass is 35.5. The number of allylic oxidation sites excluding steroid dienone is 1. The van der Waals surface area contributed by atoms with E-state index < -0.39 is 27.3 Å². The van der Waals surface area contributed by atoms with Gasteiger partial charge in [-0.15, -0.1) is 0 Å². The molecule has 2 aromatic carbocycles. The summed E-state index contributed by atoms with van der Waals surface area (Å²) in [6, 6.07) is 11.3. The van der Waals surface area contributed by atoms with E-state index in [0.717, 1.165) is 42.8 Å². The predicted octanol–water partition coefficient (Wildman–Crippen LogP) is 5.26. The molecule has 2 bridgehead atoms. The number of carbonyl (C=O) groups excluding carboxylic acids is 1. The van der Waals surface area contributed by atoms with Gasteiger partial charge in [0, 0.05) is 35.7 Å². The van der Waals surface area contributed by atoms with Crippen LogP contribution >= 0.6 is 11.6 Å². The molecule has 1 saturated carbocycles. The number of hydrogen-bond donors (Lipinski definition) is 2. The molecule has 2 aromatic rings. The second-order valence-corrected chi connectivity index (χ2v) is 15.4. The lowest BCUT2D eigenvalue weighted by Crippen LogP contribution is -2.49. The predicted molar refractivity (Wildman–Crippen MR) is 172 cm³/mol. The van der Waals surface area contributed by atoms with Crippen molar-refractivity contribution in [2.24, 2.45) is 17.8 Å². The van der Waals surface area contributed by atoms with Crippen LogP contribution in [0.15, 0.2) is 48.6 Å². The Hall–Kier alpha value is -2.59. The molecule has 238 valence electrons. The second-order valence-electron chi connectivity index (χ2n) is 13.1. The summed E-state index contributed by atoms with van der Waals surface area (Å²) in [6.45, 7) is 5.86. The van der Waals surface area contributed by atoms with Crippen LogP contribution in [0, 0.1) is 17.8 Å². The van der Waals surface area contributed by atoms with E-state index >= 15 is 0 Å². The maximum absolute atomic E-state index is 13.6. The minimum atomic E-state index is -4.07. The zero-order valence-electron chi connectivity index (χ0n) is 25.5. The quantitative estimate of drug-likeness (QED) is 0.440. The summed E-state index contributed by atoms with van der Waals surface area (Å²) in [5.74, 6) is 0.0331. The maximum atomic E-state index is 13.6. The molecule has 1 fully saturated rings. The van der Waals surface area contributed by atoms with E-state index in [1.807, 2.05) is 32.1 Å². The number of nitrogens with zero attached hydrogens (tertiary/aromatic N) is 1. The maximum Gasteiger partial charge on any atom is 0.264 e. The molecule has 6 rings (SSSR count). The Bertz CT molecular complexity index is 1530. The summed E-state index contributed by atoms with van der Waals surface area (Å²) in [6.07, 6.45) is 8.40. The van der Waals surface area contributed by atoms with E-state index in [4.69, 9.17) is 21.1 Å². The smallest absolute Gasteiger partial charge is 0.264 e. The molecule has 10 heteroatoms. The lowest BCUT2D eigenvalue weighted by Gasteiger charge is -2.45. The van der Waals surface area contributed by atoms with Gasteiger partial charge in [0.05, 0.1) is 25.0 Å². The largest absolute Gasteiger partial charge is 0.490 e. The summed E-state index contributed by atoms with van der Waals surface area (Å²) in [5.41, 5.74) is 3.25. The first-order chi connectivity index (χ1) is 21.1. The average Bonchev–Trinajstić information content (AvgIpc) is 3.11. The number of fused-ring (bicyclic) bond motifs is 4. The summed E-state index contributed by atoms with van der Waals surface area (Å²) >= 11 is 6.40. The number of rotatable bonds is 3. The van der Waals surface area contributed by atoms with Crippen LogP contribution in [-0.4, -0.2) is 63.7 Å². The summed E-state index contributed by atoms with van der Waals surface area (Å²) in [4.78, 5) is 15.8. The van der Waals surface area contributed by atoms with Crippen LogP contribution in [0.4, 0.5) is 5.69 Å². The van der Waals surface area contributed by atoms with Crippen molar-refractivity contribution in [3.8, 4) is 5.75 Å². The molecule has 44 heavy (non-hydrogen) atoms. The molecular formula is C34H43ClN2O6S. The van der Waals surface area contributed by atoms with Crippen molar-refractivity contribution in [3.05, 3.63) is 70.3 Å². The fraction of sp³-hybridized carbons (Fsp3) is 0.559. The number of aliphatic hydroxyl groups excluding tert-OH is 1. The molecule has 1 spiro atoms. The third-order valence-electron chi connectivity index (χ3n) is 10.3. The molecule has 0 saturated heterocycles. The molecule has 2 N–H and O–H groups in total. The number of halogens is 1. The van der Waals surface area contributed by atoms with Crippen molar-refractivity contribution in [2.45, 2.75) is 69.1 Å². The van der Waals surface area contributed by atoms with Crippen LogP contribution in [0.25, 0.3) is 0 Å². The minimum absolute atomic E-state index is 0.0258. The van der Waals surface area contributed by atoms with Gasteiger partial charge in [0.1, 0.15) is 11.0 Å². The van der Waals surface area contributed by atoms with Gasteiger partial charge in [-0.1, -0.05) is 36.7 Å². The van der Waals surface area contributed by atoms with Crippen molar-refractivity contribution in [1.82, 2.24) is 4.72 Å². The normalized spacial score (nSPS) is 32.3. The molecule has 2 heterocycles. The standard InChI is InChI=1S/C34H43ClN2O6S/c1-3-42-19-32-22(2)6-4-8-30(38)27-12-9-25(27)18-37-20-34(15-5-7-23-16-26(35)11-13-28(23)34)21-43-31-14-10-24(17-29(31)37)33(39)36-44(32,40)41/h4,8,10-11,13-14,16-17,22,25,27,30,32,38H,3,5-7,9,12,15,18-21H2,1-2H3,(H,36,39)/b8-4+/t22-,25-,27+,30-,32+,34-/m0/s1. The lowest BCUT2D eigenvalue weighted by molar-refractivity contribution is 0.0455. The van der Waals surface area contributed by atoms with E-state index in [-0.39, 0.29) is 35.3 Å². The van der Waals surface area contributed by atoms with Gasteiger partial charge < -0.3 is 19.5 Å². The molecule has 0 aromatic heterocycles. The average molecular weight is 643 g/mol. The summed E-state index contributed by atoms with van der Waals surface area (Å²) in [7, 11) is -4.07. The number of hydrogen-bond acceptors (Lipinski definition) is 7. The highest BCUT2D eigenvalue weighted by Crippen LogP contribution is 2.46. The Morgan fingerprint density at radius 2 is 2.05 bits per heavy atom. The van der Waals surface area contributed by atoms with Crippen molar-refractivity contribution in [2.75, 3.05) is 37.8 Å².